The van der Waals surface area contributed by atoms with Crippen LogP contribution in [0.4, 0.5) is 0 Å². The number of nitrogens with zero attached hydrogens (tertiary/aromatic N) is 1. The molecule has 0 bridgehead atoms. The van der Waals surface area contributed by atoms with Gasteiger partial charge in [0.1, 0.15) is 0 Å². The normalized spacial score (nSPS) is 15.4. The van der Waals surface area contributed by atoms with Crippen molar-refractivity contribution in [1.29, 1.82) is 0 Å². The van der Waals surface area contributed by atoms with Crippen molar-refractivity contribution in [3.63, 3.8) is 0 Å². The Balaban J connectivity index is 1.99. The molecule has 1 aromatic carbocycles. The number of rotatable bonds is 6. The van der Waals surface area contributed by atoms with E-state index >= 15 is 0 Å². The molecule has 1 aliphatic rings. The van der Waals surface area contributed by atoms with Crippen molar-refractivity contribution in [2.24, 2.45) is 5.92 Å². The minimum Gasteiger partial charge on any atom is -0.339 e. The van der Waals surface area contributed by atoms with Crippen LogP contribution in [-0.2, 0) is 4.79 Å². The van der Waals surface area contributed by atoms with E-state index < -0.39 is 0 Å². The lowest BCUT2D eigenvalue weighted by atomic mass is 10.1. The summed E-state index contributed by atoms with van der Waals surface area (Å²) in [4.78, 5) is 14.1. The summed E-state index contributed by atoms with van der Waals surface area (Å²) < 4.78 is 0. The fourth-order valence-corrected chi connectivity index (χ4v) is 2.22. The maximum Gasteiger partial charge on any atom is 0.225 e. The maximum absolute atomic E-state index is 12.1. The highest BCUT2D eigenvalue weighted by Gasteiger charge is 2.32. The van der Waals surface area contributed by atoms with Crippen LogP contribution in [0.2, 0.25) is 0 Å². The van der Waals surface area contributed by atoms with Gasteiger partial charge in [-0.25, -0.2) is 0 Å². The van der Waals surface area contributed by atoms with Gasteiger partial charge in [0.15, 0.2) is 0 Å². The van der Waals surface area contributed by atoms with Gasteiger partial charge in [-0.1, -0.05) is 43.3 Å². The molecule has 0 aliphatic heterocycles. The first-order valence-corrected chi connectivity index (χ1v) is 7.23. The fraction of sp³-hybridized carbons (Fsp3) is 0.471. The van der Waals surface area contributed by atoms with Crippen molar-refractivity contribution < 1.29 is 4.79 Å². The summed E-state index contributed by atoms with van der Waals surface area (Å²) in [6.07, 6.45) is 5.36. The van der Waals surface area contributed by atoms with Crippen molar-refractivity contribution in [1.82, 2.24) is 4.90 Å². The van der Waals surface area contributed by atoms with E-state index in [1.807, 2.05) is 23.1 Å². The van der Waals surface area contributed by atoms with Gasteiger partial charge in [0.25, 0.3) is 0 Å². The Bertz CT molecular complexity index is 446. The number of allylic oxidation sites excluding steroid dienone is 1. The second-order valence-corrected chi connectivity index (χ2v) is 5.31. The summed E-state index contributed by atoms with van der Waals surface area (Å²) in [7, 11) is 0. The summed E-state index contributed by atoms with van der Waals surface area (Å²) in [6.45, 7) is 5.85. The molecular formula is C17H23NO. The predicted octanol–water partition coefficient (Wildman–Crippen LogP) is 3.74. The Hall–Kier alpha value is -1.57. The molecule has 1 saturated carbocycles. The molecule has 2 rings (SSSR count). The monoisotopic (exact) mass is 257 g/mol. The lowest BCUT2D eigenvalue weighted by molar-refractivity contribution is -0.132. The average molecular weight is 257 g/mol. The Morgan fingerprint density at radius 1 is 1.32 bits per heavy atom. The largest absolute Gasteiger partial charge is 0.339 e. The lowest BCUT2D eigenvalue weighted by Gasteiger charge is -2.20. The molecule has 1 fully saturated rings. The van der Waals surface area contributed by atoms with Crippen molar-refractivity contribution >= 4 is 11.5 Å². The second kappa shape index (κ2) is 6.55. The summed E-state index contributed by atoms with van der Waals surface area (Å²) in [5, 5.41) is 0. The fourth-order valence-electron chi connectivity index (χ4n) is 2.22. The molecule has 1 aromatic rings. The molecule has 102 valence electrons. The van der Waals surface area contributed by atoms with Crippen molar-refractivity contribution in [3.8, 4) is 0 Å². The molecule has 0 atom stereocenters. The van der Waals surface area contributed by atoms with E-state index in [9.17, 15) is 4.79 Å². The molecule has 0 heterocycles. The predicted molar refractivity (Wildman–Crippen MR) is 79.7 cm³/mol. The highest BCUT2D eigenvalue weighted by atomic mass is 16.2. The van der Waals surface area contributed by atoms with Crippen molar-refractivity contribution in [2.45, 2.75) is 33.1 Å². The Morgan fingerprint density at radius 3 is 2.58 bits per heavy atom. The van der Waals surface area contributed by atoms with E-state index in [4.69, 9.17) is 0 Å². The molecule has 0 N–H and O–H groups in total. The van der Waals surface area contributed by atoms with Crippen molar-refractivity contribution in [3.05, 3.63) is 42.0 Å². The highest BCUT2D eigenvalue weighted by molar-refractivity contribution is 5.81. The zero-order chi connectivity index (χ0) is 13.7. The summed E-state index contributed by atoms with van der Waals surface area (Å²) >= 11 is 0. The van der Waals surface area contributed by atoms with Crippen LogP contribution in [0.5, 0.6) is 0 Å². The van der Waals surface area contributed by atoms with Gasteiger partial charge < -0.3 is 4.90 Å². The Labute approximate surface area is 116 Å². The molecule has 0 spiro atoms. The minimum absolute atomic E-state index is 0.317. The van der Waals surface area contributed by atoms with Gasteiger partial charge in [-0.15, -0.1) is 0 Å². The first kappa shape index (κ1) is 13.9. The van der Waals surface area contributed by atoms with E-state index in [0.717, 1.165) is 32.4 Å². The molecular weight excluding hydrogens is 234 g/mol. The average Bonchev–Trinajstić information content (AvgIpc) is 3.28. The quantitative estimate of drug-likeness (QED) is 0.760. The second-order valence-electron chi connectivity index (χ2n) is 5.31. The Kier molecular flexibility index (Phi) is 4.78. The van der Waals surface area contributed by atoms with Gasteiger partial charge in [-0.05, 0) is 37.3 Å². The number of benzene rings is 1. The van der Waals surface area contributed by atoms with Crippen LogP contribution in [0.1, 0.15) is 38.7 Å². The molecule has 0 aromatic heterocycles. The van der Waals surface area contributed by atoms with E-state index in [1.54, 1.807) is 0 Å². The zero-order valence-electron chi connectivity index (χ0n) is 11.9. The molecule has 1 amide bonds. The van der Waals surface area contributed by atoms with E-state index in [2.05, 4.69) is 32.1 Å². The maximum atomic E-state index is 12.1. The molecule has 0 unspecified atom stereocenters. The topological polar surface area (TPSA) is 20.3 Å². The van der Waals surface area contributed by atoms with Crippen molar-refractivity contribution in [2.75, 3.05) is 13.1 Å². The standard InChI is InChI=1S/C17H23NO/c1-3-12-18(17(19)16-9-10-16)13-11-14(2)15-7-5-4-6-8-15/h4-8,11,16H,3,9-10,12-13H2,1-2H3/b14-11+. The summed E-state index contributed by atoms with van der Waals surface area (Å²) in [6, 6.07) is 10.3. The SMILES string of the molecule is CCCN(C/C=C(\C)c1ccccc1)C(=O)C1CC1. The minimum atomic E-state index is 0.317. The smallest absolute Gasteiger partial charge is 0.225 e. The lowest BCUT2D eigenvalue weighted by Crippen LogP contribution is -2.33. The molecule has 1 aliphatic carbocycles. The number of amides is 1. The number of carbonyl (C=O) groups is 1. The molecule has 2 nitrogen and oxygen atoms in total. The van der Waals surface area contributed by atoms with E-state index in [-0.39, 0.29) is 0 Å². The summed E-state index contributed by atoms with van der Waals surface area (Å²) in [5.41, 5.74) is 2.48. The van der Waals surface area contributed by atoms with E-state index in [0.29, 0.717) is 11.8 Å². The van der Waals surface area contributed by atoms with Crippen LogP contribution in [0.25, 0.3) is 5.57 Å². The van der Waals surface area contributed by atoms with Gasteiger partial charge in [0.05, 0.1) is 0 Å². The van der Waals surface area contributed by atoms with Crippen LogP contribution in [0.3, 0.4) is 0 Å². The van der Waals surface area contributed by atoms with E-state index in [1.165, 1.54) is 11.1 Å². The first-order chi connectivity index (χ1) is 9.22. The van der Waals surface area contributed by atoms with Gasteiger partial charge in [-0.3, -0.25) is 4.79 Å². The molecule has 0 radical (unpaired) electrons. The van der Waals surface area contributed by atoms with Crippen LogP contribution in [0.15, 0.2) is 36.4 Å². The number of carbonyl (C=O) groups excluding carboxylic acids is 1. The van der Waals surface area contributed by atoms with Crippen LogP contribution in [0, 0.1) is 5.92 Å². The van der Waals surface area contributed by atoms with Crippen LogP contribution in [-0.4, -0.2) is 23.9 Å². The highest BCUT2D eigenvalue weighted by Crippen LogP contribution is 2.31. The van der Waals surface area contributed by atoms with Crippen LogP contribution < -0.4 is 0 Å². The number of hydrogen-bond donors (Lipinski definition) is 0. The summed E-state index contributed by atoms with van der Waals surface area (Å²) in [5.74, 6) is 0.663. The molecule has 19 heavy (non-hydrogen) atoms. The zero-order valence-corrected chi connectivity index (χ0v) is 11.9. The third-order valence-electron chi connectivity index (χ3n) is 3.58. The van der Waals surface area contributed by atoms with Crippen LogP contribution >= 0.6 is 0 Å². The third kappa shape index (κ3) is 3.95. The third-order valence-corrected chi connectivity index (χ3v) is 3.58. The Morgan fingerprint density at radius 2 is 2.00 bits per heavy atom. The first-order valence-electron chi connectivity index (χ1n) is 7.23. The molecule has 0 saturated heterocycles. The van der Waals surface area contributed by atoms with Gasteiger partial charge >= 0.3 is 0 Å². The number of hydrogen-bond acceptors (Lipinski definition) is 1. The van der Waals surface area contributed by atoms with Gasteiger partial charge in [0, 0.05) is 19.0 Å². The van der Waals surface area contributed by atoms with Gasteiger partial charge in [-0.2, -0.15) is 0 Å². The molecule has 2 heteroatoms. The van der Waals surface area contributed by atoms with Gasteiger partial charge in [0.2, 0.25) is 5.91 Å².